The summed E-state index contributed by atoms with van der Waals surface area (Å²) in [7, 11) is 1.61. The number of fused-ring (bicyclic) bond motifs is 1. The van der Waals surface area contributed by atoms with E-state index in [4.69, 9.17) is 27.9 Å². The molecule has 0 spiro atoms. The summed E-state index contributed by atoms with van der Waals surface area (Å²) < 4.78 is 5.18. The molecule has 0 fully saturated rings. The topological polar surface area (TPSA) is 35.0 Å². The molecule has 0 aliphatic heterocycles. The van der Waals surface area contributed by atoms with Gasteiger partial charge in [-0.05, 0) is 30.3 Å². The summed E-state index contributed by atoms with van der Waals surface area (Å²) in [4.78, 5) is 8.84. The van der Waals surface area contributed by atoms with Crippen molar-refractivity contribution in [3.63, 3.8) is 0 Å². The Morgan fingerprint density at radius 2 is 1.85 bits per heavy atom. The lowest BCUT2D eigenvalue weighted by atomic mass is 10.2. The van der Waals surface area contributed by atoms with Gasteiger partial charge >= 0.3 is 0 Å². The van der Waals surface area contributed by atoms with E-state index in [0.717, 1.165) is 22.2 Å². The first kappa shape index (κ1) is 13.2. The van der Waals surface area contributed by atoms with E-state index in [1.807, 2.05) is 36.4 Å². The summed E-state index contributed by atoms with van der Waals surface area (Å²) in [6, 6.07) is 12.9. The lowest BCUT2D eigenvalue weighted by Gasteiger charge is -2.06. The van der Waals surface area contributed by atoms with Gasteiger partial charge in [-0.25, -0.2) is 9.97 Å². The normalized spacial score (nSPS) is 10.8. The fraction of sp³-hybridized carbons (Fsp3) is 0.0667. The maximum absolute atomic E-state index is 6.24. The molecule has 0 saturated carbocycles. The smallest absolute Gasteiger partial charge is 0.161 e. The summed E-state index contributed by atoms with van der Waals surface area (Å²) in [5, 5.41) is 1.79. The summed E-state index contributed by atoms with van der Waals surface area (Å²) in [6.45, 7) is 0. The van der Waals surface area contributed by atoms with Crippen LogP contribution in [-0.4, -0.2) is 17.1 Å². The second-order valence-corrected chi connectivity index (χ2v) is 5.03. The van der Waals surface area contributed by atoms with Crippen LogP contribution in [0.3, 0.4) is 0 Å². The summed E-state index contributed by atoms with van der Waals surface area (Å²) in [5.41, 5.74) is 1.60. The number of aromatic nitrogens is 2. The highest BCUT2D eigenvalue weighted by Gasteiger charge is 2.09. The zero-order valence-corrected chi connectivity index (χ0v) is 12.1. The minimum atomic E-state index is 0.392. The van der Waals surface area contributed by atoms with Crippen molar-refractivity contribution in [1.29, 1.82) is 0 Å². The maximum Gasteiger partial charge on any atom is 0.161 e. The Balaban J connectivity index is 2.19. The van der Waals surface area contributed by atoms with Crippen LogP contribution in [0.2, 0.25) is 10.2 Å². The molecule has 0 amide bonds. The SMILES string of the molecule is COc1ccc2nc(-c3cccc(Cl)c3)nc(Cl)c2c1. The number of methoxy groups -OCH3 is 1. The molecule has 0 bridgehead atoms. The molecule has 1 heterocycles. The molecule has 20 heavy (non-hydrogen) atoms. The van der Waals surface area contributed by atoms with Crippen molar-refractivity contribution < 1.29 is 4.74 Å². The van der Waals surface area contributed by atoms with Gasteiger partial charge < -0.3 is 4.74 Å². The number of benzene rings is 2. The van der Waals surface area contributed by atoms with Gasteiger partial charge in [0, 0.05) is 16.0 Å². The van der Waals surface area contributed by atoms with E-state index >= 15 is 0 Å². The highest BCUT2D eigenvalue weighted by Crippen LogP contribution is 2.28. The van der Waals surface area contributed by atoms with Gasteiger partial charge in [0.25, 0.3) is 0 Å². The predicted octanol–water partition coefficient (Wildman–Crippen LogP) is 4.61. The number of nitrogens with zero attached hydrogens (tertiary/aromatic N) is 2. The molecule has 0 aliphatic rings. The lowest BCUT2D eigenvalue weighted by Crippen LogP contribution is -1.92. The standard InChI is InChI=1S/C15H10Cl2N2O/c1-20-11-5-6-13-12(8-11)14(17)19-15(18-13)9-3-2-4-10(16)7-9/h2-8H,1H3. The van der Waals surface area contributed by atoms with Crippen LogP contribution in [0.1, 0.15) is 0 Å². The van der Waals surface area contributed by atoms with Crippen LogP contribution < -0.4 is 4.74 Å². The third-order valence-corrected chi connectivity index (χ3v) is 3.46. The van der Waals surface area contributed by atoms with E-state index in [-0.39, 0.29) is 0 Å². The van der Waals surface area contributed by atoms with E-state index < -0.39 is 0 Å². The van der Waals surface area contributed by atoms with Gasteiger partial charge in [-0.15, -0.1) is 0 Å². The highest BCUT2D eigenvalue weighted by atomic mass is 35.5. The number of rotatable bonds is 2. The van der Waals surface area contributed by atoms with Gasteiger partial charge in [0.05, 0.1) is 12.6 Å². The van der Waals surface area contributed by atoms with Gasteiger partial charge in [-0.3, -0.25) is 0 Å². The van der Waals surface area contributed by atoms with Gasteiger partial charge in [0.2, 0.25) is 0 Å². The molecule has 0 unspecified atom stereocenters. The van der Waals surface area contributed by atoms with Gasteiger partial charge in [0.15, 0.2) is 5.82 Å². The highest BCUT2D eigenvalue weighted by molar-refractivity contribution is 6.34. The Hall–Kier alpha value is -1.84. The molecule has 0 atom stereocenters. The first-order valence-electron chi connectivity index (χ1n) is 5.94. The Morgan fingerprint density at radius 1 is 1.00 bits per heavy atom. The Kier molecular flexibility index (Phi) is 3.47. The second kappa shape index (κ2) is 5.27. The van der Waals surface area contributed by atoms with E-state index in [1.54, 1.807) is 13.2 Å². The minimum Gasteiger partial charge on any atom is -0.497 e. The molecule has 0 radical (unpaired) electrons. The minimum absolute atomic E-state index is 0.392. The molecule has 0 aliphatic carbocycles. The molecular weight excluding hydrogens is 295 g/mol. The lowest BCUT2D eigenvalue weighted by molar-refractivity contribution is 0.415. The van der Waals surface area contributed by atoms with E-state index in [1.165, 1.54) is 0 Å². The maximum atomic E-state index is 6.24. The Bertz CT molecular complexity index is 790. The van der Waals surface area contributed by atoms with Crippen LogP contribution in [0.15, 0.2) is 42.5 Å². The molecular formula is C15H10Cl2N2O. The number of hydrogen-bond acceptors (Lipinski definition) is 3. The molecule has 2 aromatic carbocycles. The molecule has 100 valence electrons. The zero-order chi connectivity index (χ0) is 14.1. The fourth-order valence-electron chi connectivity index (χ4n) is 1.95. The van der Waals surface area contributed by atoms with E-state index in [2.05, 4.69) is 9.97 Å². The third kappa shape index (κ3) is 2.42. The quantitative estimate of drug-likeness (QED) is 0.648. The monoisotopic (exact) mass is 304 g/mol. The molecule has 0 saturated heterocycles. The zero-order valence-electron chi connectivity index (χ0n) is 10.6. The van der Waals surface area contributed by atoms with Crippen molar-refractivity contribution in [2.24, 2.45) is 0 Å². The van der Waals surface area contributed by atoms with Crippen molar-refractivity contribution >= 4 is 34.1 Å². The first-order valence-corrected chi connectivity index (χ1v) is 6.70. The number of ether oxygens (including phenoxy) is 1. The van der Waals surface area contributed by atoms with E-state index in [0.29, 0.717) is 16.0 Å². The van der Waals surface area contributed by atoms with Crippen LogP contribution in [0.25, 0.3) is 22.3 Å². The summed E-state index contributed by atoms with van der Waals surface area (Å²) >= 11 is 12.2. The van der Waals surface area contributed by atoms with Crippen molar-refractivity contribution in [2.45, 2.75) is 0 Å². The first-order chi connectivity index (χ1) is 9.67. The van der Waals surface area contributed by atoms with Crippen molar-refractivity contribution in [2.75, 3.05) is 7.11 Å². The number of hydrogen-bond donors (Lipinski definition) is 0. The summed E-state index contributed by atoms with van der Waals surface area (Å²) in [5.74, 6) is 1.27. The van der Waals surface area contributed by atoms with Crippen LogP contribution in [0, 0.1) is 0 Å². The number of halogens is 2. The van der Waals surface area contributed by atoms with Crippen molar-refractivity contribution in [1.82, 2.24) is 9.97 Å². The third-order valence-electron chi connectivity index (χ3n) is 2.94. The molecule has 3 aromatic rings. The van der Waals surface area contributed by atoms with Gasteiger partial charge in [-0.2, -0.15) is 0 Å². The summed E-state index contributed by atoms with van der Waals surface area (Å²) in [6.07, 6.45) is 0. The molecule has 5 heteroatoms. The largest absolute Gasteiger partial charge is 0.497 e. The average molecular weight is 305 g/mol. The average Bonchev–Trinajstić information content (AvgIpc) is 2.47. The molecule has 3 rings (SSSR count). The van der Waals surface area contributed by atoms with E-state index in [9.17, 15) is 0 Å². The predicted molar refractivity (Wildman–Crippen MR) is 81.5 cm³/mol. The van der Waals surface area contributed by atoms with Crippen LogP contribution in [0.5, 0.6) is 5.75 Å². The fourth-order valence-corrected chi connectivity index (χ4v) is 2.38. The molecule has 1 aromatic heterocycles. The van der Waals surface area contributed by atoms with Crippen LogP contribution >= 0.6 is 23.2 Å². The van der Waals surface area contributed by atoms with Gasteiger partial charge in [-0.1, -0.05) is 35.3 Å². The second-order valence-electron chi connectivity index (χ2n) is 4.23. The van der Waals surface area contributed by atoms with Gasteiger partial charge in [0.1, 0.15) is 10.9 Å². The van der Waals surface area contributed by atoms with Crippen LogP contribution in [0.4, 0.5) is 0 Å². The molecule has 3 nitrogen and oxygen atoms in total. The van der Waals surface area contributed by atoms with Crippen LogP contribution in [-0.2, 0) is 0 Å². The Labute approximate surface area is 126 Å². The van der Waals surface area contributed by atoms with Crippen molar-refractivity contribution in [3.8, 4) is 17.1 Å². The van der Waals surface area contributed by atoms with Crippen molar-refractivity contribution in [3.05, 3.63) is 52.6 Å². The molecule has 0 N–H and O–H groups in total. The Morgan fingerprint density at radius 3 is 2.60 bits per heavy atom.